The van der Waals surface area contributed by atoms with Crippen molar-refractivity contribution in [2.45, 2.75) is 13.0 Å². The Bertz CT molecular complexity index is 582. The van der Waals surface area contributed by atoms with Gasteiger partial charge < -0.3 is 10.6 Å². The highest BCUT2D eigenvalue weighted by Gasteiger charge is 2.00. The molecule has 2 aromatic rings. The van der Waals surface area contributed by atoms with Crippen LogP contribution in [0, 0.1) is 0 Å². The van der Waals surface area contributed by atoms with E-state index < -0.39 is 0 Å². The second kappa shape index (κ2) is 7.40. The number of anilines is 1. The van der Waals surface area contributed by atoms with Gasteiger partial charge in [-0.3, -0.25) is 9.78 Å². The molecule has 0 saturated heterocycles. The van der Waals surface area contributed by atoms with Gasteiger partial charge in [0, 0.05) is 38.1 Å². The number of nitrogens with one attached hydrogen (secondary N) is 2. The number of nitrogens with zero attached hydrogens (tertiary/aromatic N) is 3. The first-order valence-corrected chi connectivity index (χ1v) is 6.64. The molecule has 0 aliphatic carbocycles. The largest absolute Gasteiger partial charge is 0.382 e. The van der Waals surface area contributed by atoms with Crippen LogP contribution in [0.5, 0.6) is 0 Å². The Morgan fingerprint density at radius 2 is 2.05 bits per heavy atom. The van der Waals surface area contributed by atoms with Gasteiger partial charge in [-0.1, -0.05) is 0 Å². The molecule has 0 unspecified atom stereocenters. The van der Waals surface area contributed by atoms with Gasteiger partial charge in [0.15, 0.2) is 0 Å². The molecule has 0 aliphatic heterocycles. The third-order valence-corrected chi connectivity index (χ3v) is 2.94. The van der Waals surface area contributed by atoms with Crippen molar-refractivity contribution in [2.75, 3.05) is 25.5 Å². The Morgan fingerprint density at radius 3 is 2.75 bits per heavy atom. The zero-order chi connectivity index (χ0) is 14.2. The van der Waals surface area contributed by atoms with Crippen LogP contribution in [0.3, 0.4) is 0 Å². The van der Waals surface area contributed by atoms with E-state index in [2.05, 4.69) is 20.7 Å². The van der Waals surface area contributed by atoms with Crippen molar-refractivity contribution in [3.05, 3.63) is 52.7 Å². The maximum atomic E-state index is 11.9. The predicted molar refractivity (Wildman–Crippen MR) is 78.9 cm³/mol. The van der Waals surface area contributed by atoms with Crippen molar-refractivity contribution in [1.29, 1.82) is 0 Å². The fraction of sp³-hybridized carbons (Fsp3) is 0.357. The maximum absolute atomic E-state index is 11.9. The first-order valence-electron chi connectivity index (χ1n) is 6.64. The minimum Gasteiger partial charge on any atom is -0.382 e. The molecule has 2 N–H and O–H groups in total. The molecule has 2 aromatic heterocycles. The molecule has 0 saturated carbocycles. The molecule has 106 valence electrons. The predicted octanol–water partition coefficient (Wildman–Crippen LogP) is 0.512. The molecule has 0 atom stereocenters. The van der Waals surface area contributed by atoms with Crippen molar-refractivity contribution < 1.29 is 0 Å². The lowest BCUT2D eigenvalue weighted by Gasteiger charge is -2.08. The minimum absolute atomic E-state index is 0.0893. The van der Waals surface area contributed by atoms with Crippen LogP contribution in [-0.2, 0) is 13.0 Å². The van der Waals surface area contributed by atoms with E-state index in [1.165, 1.54) is 4.68 Å². The third kappa shape index (κ3) is 4.17. The molecule has 20 heavy (non-hydrogen) atoms. The lowest BCUT2D eigenvalue weighted by atomic mass is 10.2. The average molecular weight is 273 g/mol. The molecular weight excluding hydrogens is 254 g/mol. The Labute approximate surface area is 117 Å². The number of pyridine rings is 1. The monoisotopic (exact) mass is 273 g/mol. The molecule has 2 rings (SSSR count). The zero-order valence-corrected chi connectivity index (χ0v) is 11.5. The van der Waals surface area contributed by atoms with E-state index in [4.69, 9.17) is 0 Å². The summed E-state index contributed by atoms with van der Waals surface area (Å²) in [5.74, 6) is 0. The summed E-state index contributed by atoms with van der Waals surface area (Å²) in [6, 6.07) is 5.46. The standard InChI is InChI=1S/C14H19N5O/c1-15-7-8-17-13-10-14(20)19(18-11-13)9-4-12-2-5-16-6-3-12/h2-3,5-6,10-11,15,17H,4,7-9H2,1H3. The summed E-state index contributed by atoms with van der Waals surface area (Å²) in [4.78, 5) is 15.9. The van der Waals surface area contributed by atoms with Gasteiger partial charge >= 0.3 is 0 Å². The van der Waals surface area contributed by atoms with Crippen LogP contribution in [-0.4, -0.2) is 34.9 Å². The van der Waals surface area contributed by atoms with E-state index in [1.54, 1.807) is 24.7 Å². The molecule has 0 spiro atoms. The van der Waals surface area contributed by atoms with E-state index >= 15 is 0 Å². The van der Waals surface area contributed by atoms with E-state index in [0.29, 0.717) is 6.54 Å². The van der Waals surface area contributed by atoms with Gasteiger partial charge in [0.05, 0.1) is 11.9 Å². The van der Waals surface area contributed by atoms with Crippen LogP contribution < -0.4 is 16.2 Å². The normalized spacial score (nSPS) is 10.4. The van der Waals surface area contributed by atoms with Crippen LogP contribution in [0.25, 0.3) is 0 Å². The summed E-state index contributed by atoms with van der Waals surface area (Å²) < 4.78 is 1.48. The maximum Gasteiger partial charge on any atom is 0.268 e. The Hall–Kier alpha value is -2.21. The lowest BCUT2D eigenvalue weighted by Crippen LogP contribution is -2.24. The van der Waals surface area contributed by atoms with Gasteiger partial charge in [-0.2, -0.15) is 5.10 Å². The highest BCUT2D eigenvalue weighted by atomic mass is 16.1. The van der Waals surface area contributed by atoms with Crippen molar-refractivity contribution in [1.82, 2.24) is 20.1 Å². The molecule has 2 heterocycles. The van der Waals surface area contributed by atoms with Gasteiger partial charge in [0.1, 0.15) is 0 Å². The molecule has 0 aromatic carbocycles. The van der Waals surface area contributed by atoms with Crippen molar-refractivity contribution in [3.8, 4) is 0 Å². The van der Waals surface area contributed by atoms with Gasteiger partial charge in [0.2, 0.25) is 0 Å². The highest BCUT2D eigenvalue weighted by Crippen LogP contribution is 2.01. The number of aryl methyl sites for hydroxylation is 2. The van der Waals surface area contributed by atoms with Gasteiger partial charge in [-0.25, -0.2) is 4.68 Å². The van der Waals surface area contributed by atoms with Crippen LogP contribution in [0.15, 0.2) is 41.6 Å². The van der Waals surface area contributed by atoms with Gasteiger partial charge in [-0.15, -0.1) is 0 Å². The number of hydrogen-bond acceptors (Lipinski definition) is 5. The zero-order valence-electron chi connectivity index (χ0n) is 11.5. The molecule has 6 nitrogen and oxygen atoms in total. The number of hydrogen-bond donors (Lipinski definition) is 2. The summed E-state index contributed by atoms with van der Waals surface area (Å²) in [5, 5.41) is 10.3. The second-order valence-corrected chi connectivity index (χ2v) is 4.44. The summed E-state index contributed by atoms with van der Waals surface area (Å²) in [6.07, 6.45) is 5.95. The fourth-order valence-corrected chi connectivity index (χ4v) is 1.81. The van der Waals surface area contributed by atoms with Crippen molar-refractivity contribution in [3.63, 3.8) is 0 Å². The van der Waals surface area contributed by atoms with Crippen molar-refractivity contribution >= 4 is 5.69 Å². The Balaban J connectivity index is 1.94. The molecule has 0 amide bonds. The molecule has 0 aliphatic rings. The minimum atomic E-state index is -0.0893. The first kappa shape index (κ1) is 14.2. The van der Waals surface area contributed by atoms with Crippen LogP contribution in [0.2, 0.25) is 0 Å². The van der Waals surface area contributed by atoms with Crippen molar-refractivity contribution in [2.24, 2.45) is 0 Å². The molecule has 0 fully saturated rings. The van der Waals surface area contributed by atoms with Crippen LogP contribution in [0.1, 0.15) is 5.56 Å². The summed E-state index contributed by atoms with van der Waals surface area (Å²) in [7, 11) is 1.89. The number of aromatic nitrogens is 3. The Kier molecular flexibility index (Phi) is 5.25. The van der Waals surface area contributed by atoms with E-state index in [0.717, 1.165) is 30.8 Å². The van der Waals surface area contributed by atoms with Gasteiger partial charge in [0.25, 0.3) is 5.56 Å². The number of rotatable bonds is 7. The highest BCUT2D eigenvalue weighted by molar-refractivity contribution is 5.38. The first-order chi connectivity index (χ1) is 9.79. The number of likely N-dealkylation sites (N-methyl/N-ethyl adjacent to an activating group) is 1. The second-order valence-electron chi connectivity index (χ2n) is 4.44. The average Bonchev–Trinajstić information content (AvgIpc) is 2.48. The van der Waals surface area contributed by atoms with E-state index in [1.807, 2.05) is 19.2 Å². The summed E-state index contributed by atoms with van der Waals surface area (Å²) in [6.45, 7) is 2.17. The SMILES string of the molecule is CNCCNc1cnn(CCc2ccncc2)c(=O)c1. The molecular formula is C14H19N5O. The quantitative estimate of drug-likeness (QED) is 0.719. The van der Waals surface area contributed by atoms with E-state index in [-0.39, 0.29) is 5.56 Å². The van der Waals surface area contributed by atoms with Gasteiger partial charge in [-0.05, 0) is 31.2 Å². The Morgan fingerprint density at radius 1 is 1.25 bits per heavy atom. The topological polar surface area (TPSA) is 71.8 Å². The fourth-order valence-electron chi connectivity index (χ4n) is 1.81. The summed E-state index contributed by atoms with van der Waals surface area (Å²) in [5.41, 5.74) is 1.81. The van der Waals surface area contributed by atoms with E-state index in [9.17, 15) is 4.79 Å². The summed E-state index contributed by atoms with van der Waals surface area (Å²) >= 11 is 0. The molecule has 0 radical (unpaired) electrons. The van der Waals surface area contributed by atoms with Crippen LogP contribution >= 0.6 is 0 Å². The molecule has 0 bridgehead atoms. The molecule has 6 heteroatoms. The smallest absolute Gasteiger partial charge is 0.268 e. The lowest BCUT2D eigenvalue weighted by molar-refractivity contribution is 0.578. The van der Waals surface area contributed by atoms with Crippen LogP contribution in [0.4, 0.5) is 5.69 Å². The third-order valence-electron chi connectivity index (χ3n) is 2.94.